The number of nitrogens with one attached hydrogen (secondary N) is 1. The van der Waals surface area contributed by atoms with Crippen LogP contribution in [0.15, 0.2) is 12.3 Å². The van der Waals surface area contributed by atoms with E-state index in [1.54, 1.807) is 12.3 Å². The van der Waals surface area contributed by atoms with Crippen LogP contribution >= 0.6 is 0 Å². The zero-order valence-electron chi connectivity index (χ0n) is 10.5. The van der Waals surface area contributed by atoms with E-state index in [9.17, 15) is 0 Å². The first-order valence-electron chi connectivity index (χ1n) is 6.19. The van der Waals surface area contributed by atoms with Crippen LogP contribution in [0, 0.1) is 0 Å². The van der Waals surface area contributed by atoms with Crippen LogP contribution in [0.2, 0.25) is 0 Å². The van der Waals surface area contributed by atoms with Crippen molar-refractivity contribution in [2.24, 2.45) is 0 Å². The Kier molecular flexibility index (Phi) is 4.14. The minimum Gasteiger partial charge on any atom is -0.478 e. The largest absolute Gasteiger partial charge is 0.478 e. The van der Waals surface area contributed by atoms with Crippen molar-refractivity contribution in [1.82, 2.24) is 14.9 Å². The first kappa shape index (κ1) is 12.1. The lowest BCUT2D eigenvalue weighted by atomic mass is 10.3. The number of anilines is 1. The Hall–Kier alpha value is -1.36. The number of hydrogen-bond donors (Lipinski definition) is 1. The van der Waals surface area contributed by atoms with Crippen LogP contribution in [0.25, 0.3) is 0 Å². The summed E-state index contributed by atoms with van der Waals surface area (Å²) >= 11 is 0. The molecule has 0 saturated carbocycles. The molecule has 1 atom stereocenters. The van der Waals surface area contributed by atoms with Crippen LogP contribution in [0.1, 0.15) is 19.8 Å². The molecule has 1 aromatic heterocycles. The topological polar surface area (TPSA) is 50.3 Å². The lowest BCUT2D eigenvalue weighted by Crippen LogP contribution is -2.24. The average molecular weight is 236 g/mol. The highest BCUT2D eigenvalue weighted by molar-refractivity contribution is 5.29. The summed E-state index contributed by atoms with van der Waals surface area (Å²) in [5.41, 5.74) is 0. The average Bonchev–Trinajstić information content (AvgIpc) is 2.73. The van der Waals surface area contributed by atoms with E-state index in [2.05, 4.69) is 34.2 Å². The molecule has 0 aromatic carbocycles. The summed E-state index contributed by atoms with van der Waals surface area (Å²) in [7, 11) is 2.13. The molecule has 1 fully saturated rings. The van der Waals surface area contributed by atoms with E-state index >= 15 is 0 Å². The molecule has 1 unspecified atom stereocenters. The van der Waals surface area contributed by atoms with Gasteiger partial charge in [-0.1, -0.05) is 6.92 Å². The number of rotatable bonds is 5. The molecular weight excluding hydrogens is 216 g/mol. The van der Waals surface area contributed by atoms with E-state index in [1.165, 1.54) is 0 Å². The maximum atomic E-state index is 5.48. The molecule has 1 aromatic rings. The van der Waals surface area contributed by atoms with Crippen LogP contribution in [-0.4, -0.2) is 47.7 Å². The molecule has 0 radical (unpaired) electrons. The number of nitrogens with zero attached hydrogens (tertiary/aromatic N) is 3. The first-order valence-corrected chi connectivity index (χ1v) is 6.19. The second kappa shape index (κ2) is 5.82. The number of aromatic nitrogens is 2. The summed E-state index contributed by atoms with van der Waals surface area (Å²) in [6, 6.07) is 2.24. The van der Waals surface area contributed by atoms with Gasteiger partial charge in [0.25, 0.3) is 0 Å². The second-order valence-corrected chi connectivity index (χ2v) is 4.46. The summed E-state index contributed by atoms with van der Waals surface area (Å²) in [4.78, 5) is 10.9. The van der Waals surface area contributed by atoms with Crippen molar-refractivity contribution < 1.29 is 4.74 Å². The van der Waals surface area contributed by atoms with E-state index < -0.39 is 0 Å². The van der Waals surface area contributed by atoms with E-state index in [1.807, 2.05) is 0 Å². The molecule has 5 heteroatoms. The van der Waals surface area contributed by atoms with E-state index in [0.29, 0.717) is 24.5 Å². The molecule has 2 heterocycles. The van der Waals surface area contributed by atoms with Gasteiger partial charge in [-0.2, -0.15) is 4.98 Å². The van der Waals surface area contributed by atoms with Crippen LogP contribution in [0.3, 0.4) is 0 Å². The molecule has 17 heavy (non-hydrogen) atoms. The Balaban J connectivity index is 1.91. The third kappa shape index (κ3) is 3.56. The monoisotopic (exact) mass is 236 g/mol. The molecule has 5 nitrogen and oxygen atoms in total. The molecule has 1 saturated heterocycles. The molecule has 0 aliphatic carbocycles. The van der Waals surface area contributed by atoms with Crippen molar-refractivity contribution in [2.45, 2.75) is 25.8 Å². The SMILES string of the molecule is CCCOc1ccnc(NC2CCN(C)C2)n1. The maximum Gasteiger partial charge on any atom is 0.226 e. The van der Waals surface area contributed by atoms with Crippen molar-refractivity contribution in [3.05, 3.63) is 12.3 Å². The quantitative estimate of drug-likeness (QED) is 0.837. The Morgan fingerprint density at radius 2 is 2.47 bits per heavy atom. The summed E-state index contributed by atoms with van der Waals surface area (Å²) < 4.78 is 5.48. The van der Waals surface area contributed by atoms with Crippen molar-refractivity contribution in [1.29, 1.82) is 0 Å². The minimum atomic E-state index is 0.446. The van der Waals surface area contributed by atoms with Gasteiger partial charge in [0.15, 0.2) is 0 Å². The van der Waals surface area contributed by atoms with Gasteiger partial charge in [-0.05, 0) is 26.4 Å². The van der Waals surface area contributed by atoms with Crippen LogP contribution in [0.5, 0.6) is 5.88 Å². The fraction of sp³-hybridized carbons (Fsp3) is 0.667. The highest BCUT2D eigenvalue weighted by Crippen LogP contribution is 2.13. The van der Waals surface area contributed by atoms with Gasteiger partial charge in [-0.15, -0.1) is 0 Å². The van der Waals surface area contributed by atoms with Gasteiger partial charge in [0.2, 0.25) is 11.8 Å². The number of hydrogen-bond acceptors (Lipinski definition) is 5. The Morgan fingerprint density at radius 1 is 1.59 bits per heavy atom. The van der Waals surface area contributed by atoms with Crippen molar-refractivity contribution in [2.75, 3.05) is 32.1 Å². The first-order chi connectivity index (χ1) is 8.28. The molecular formula is C12H20N4O. The van der Waals surface area contributed by atoms with Gasteiger partial charge >= 0.3 is 0 Å². The van der Waals surface area contributed by atoms with Gasteiger partial charge in [-0.25, -0.2) is 4.98 Å². The van der Waals surface area contributed by atoms with E-state index in [4.69, 9.17) is 4.74 Å². The molecule has 1 N–H and O–H groups in total. The summed E-state index contributed by atoms with van der Waals surface area (Å²) in [6.07, 6.45) is 3.86. The lowest BCUT2D eigenvalue weighted by Gasteiger charge is -2.13. The lowest BCUT2D eigenvalue weighted by molar-refractivity contribution is 0.305. The van der Waals surface area contributed by atoms with Crippen molar-refractivity contribution in [3.63, 3.8) is 0 Å². The summed E-state index contributed by atoms with van der Waals surface area (Å²) in [5, 5.41) is 3.34. The number of likely N-dealkylation sites (tertiary alicyclic amines) is 1. The van der Waals surface area contributed by atoms with Crippen molar-refractivity contribution >= 4 is 5.95 Å². The second-order valence-electron chi connectivity index (χ2n) is 4.46. The van der Waals surface area contributed by atoms with E-state index in [0.717, 1.165) is 25.9 Å². The third-order valence-electron chi connectivity index (χ3n) is 2.81. The molecule has 0 amide bonds. The number of ether oxygens (including phenoxy) is 1. The molecule has 2 rings (SSSR count). The molecule has 0 bridgehead atoms. The Labute approximate surface area is 102 Å². The van der Waals surface area contributed by atoms with Crippen LogP contribution in [0.4, 0.5) is 5.95 Å². The fourth-order valence-electron chi connectivity index (χ4n) is 1.93. The standard InChI is InChI=1S/C12H20N4O/c1-3-8-17-11-4-6-13-12(15-11)14-10-5-7-16(2)9-10/h4,6,10H,3,5,7-9H2,1-2H3,(H,13,14,15). The van der Waals surface area contributed by atoms with Gasteiger partial charge in [-0.3, -0.25) is 0 Å². The zero-order valence-corrected chi connectivity index (χ0v) is 10.5. The third-order valence-corrected chi connectivity index (χ3v) is 2.81. The predicted octanol–water partition coefficient (Wildman–Crippen LogP) is 1.38. The smallest absolute Gasteiger partial charge is 0.226 e. The van der Waals surface area contributed by atoms with E-state index in [-0.39, 0.29) is 0 Å². The Bertz CT molecular complexity index is 358. The zero-order chi connectivity index (χ0) is 12.1. The molecule has 0 spiro atoms. The van der Waals surface area contributed by atoms with Gasteiger partial charge < -0.3 is 15.0 Å². The molecule has 1 aliphatic heterocycles. The summed E-state index contributed by atoms with van der Waals surface area (Å²) in [5.74, 6) is 1.31. The van der Waals surface area contributed by atoms with Gasteiger partial charge in [0.05, 0.1) is 6.61 Å². The van der Waals surface area contributed by atoms with Crippen LogP contribution in [-0.2, 0) is 0 Å². The highest BCUT2D eigenvalue weighted by Gasteiger charge is 2.19. The summed E-state index contributed by atoms with van der Waals surface area (Å²) in [6.45, 7) is 4.95. The molecule has 1 aliphatic rings. The maximum absolute atomic E-state index is 5.48. The highest BCUT2D eigenvalue weighted by atomic mass is 16.5. The Morgan fingerprint density at radius 3 is 3.18 bits per heavy atom. The predicted molar refractivity (Wildman–Crippen MR) is 67.3 cm³/mol. The van der Waals surface area contributed by atoms with Gasteiger partial charge in [0.1, 0.15) is 0 Å². The molecule has 94 valence electrons. The normalized spacial score (nSPS) is 20.5. The minimum absolute atomic E-state index is 0.446. The van der Waals surface area contributed by atoms with Gasteiger partial charge in [0, 0.05) is 24.8 Å². The fourth-order valence-corrected chi connectivity index (χ4v) is 1.93. The number of likely N-dealkylation sites (N-methyl/N-ethyl adjacent to an activating group) is 1. The van der Waals surface area contributed by atoms with Crippen molar-refractivity contribution in [3.8, 4) is 5.88 Å². The van der Waals surface area contributed by atoms with Crippen LogP contribution < -0.4 is 10.1 Å².